The number of carbonyl (C=O) groups excluding carboxylic acids is 1. The van der Waals surface area contributed by atoms with Crippen molar-refractivity contribution in [1.29, 1.82) is 0 Å². The third-order valence-corrected chi connectivity index (χ3v) is 2.48. The summed E-state index contributed by atoms with van der Waals surface area (Å²) in [7, 11) is 0.952. The van der Waals surface area contributed by atoms with Crippen LogP contribution in [0, 0.1) is 0 Å². The summed E-state index contributed by atoms with van der Waals surface area (Å²) in [6, 6.07) is 0. The summed E-state index contributed by atoms with van der Waals surface area (Å²) in [5, 5.41) is 0. The van der Waals surface area contributed by atoms with Gasteiger partial charge in [-0.25, -0.2) is 4.98 Å². The van der Waals surface area contributed by atoms with Gasteiger partial charge in [0.05, 0.1) is 19.1 Å². The Kier molecular flexibility index (Phi) is 5.22. The van der Waals surface area contributed by atoms with Crippen molar-refractivity contribution in [3.63, 3.8) is 0 Å². The molecule has 0 spiro atoms. The van der Waals surface area contributed by atoms with Crippen LogP contribution in [0.1, 0.15) is 16.7 Å². The van der Waals surface area contributed by atoms with Gasteiger partial charge in [0.1, 0.15) is 0 Å². The van der Waals surface area contributed by atoms with Gasteiger partial charge in [-0.3, -0.25) is 4.79 Å². The van der Waals surface area contributed by atoms with E-state index in [0.29, 0.717) is 6.20 Å². The van der Waals surface area contributed by atoms with E-state index in [1.807, 2.05) is 0 Å². The van der Waals surface area contributed by atoms with Crippen LogP contribution < -0.4 is 10.5 Å². The number of hydrogen-bond acceptors (Lipinski definition) is 5. The van der Waals surface area contributed by atoms with Crippen molar-refractivity contribution in [2.45, 2.75) is 25.5 Å². The summed E-state index contributed by atoms with van der Waals surface area (Å²) >= 11 is 0. The Labute approximate surface area is 120 Å². The fourth-order valence-corrected chi connectivity index (χ4v) is 1.68. The normalized spacial score (nSPS) is 12.2. The van der Waals surface area contributed by atoms with E-state index in [9.17, 15) is 31.1 Å². The molecule has 22 heavy (non-hydrogen) atoms. The topological polar surface area (TPSA) is 74.4 Å². The highest BCUT2D eigenvalue weighted by Gasteiger charge is 2.40. The zero-order chi connectivity index (χ0) is 17.1. The maximum Gasteiger partial charge on any atom is 0.574 e. The highest BCUT2D eigenvalue weighted by Crippen LogP contribution is 2.39. The molecule has 1 heterocycles. The molecule has 11 heteroatoms. The number of alkyl halides is 6. The van der Waals surface area contributed by atoms with Gasteiger partial charge >= 0.3 is 18.5 Å². The second kappa shape index (κ2) is 6.38. The number of pyridine rings is 1. The number of halogens is 6. The molecule has 1 aromatic heterocycles. The third-order valence-electron chi connectivity index (χ3n) is 2.48. The molecule has 0 fully saturated rings. The number of nitrogens with zero attached hydrogens (tertiary/aromatic N) is 1. The fraction of sp³-hybridized carbons (Fsp3) is 0.455. The number of rotatable bonds is 4. The molecule has 1 rings (SSSR count). The summed E-state index contributed by atoms with van der Waals surface area (Å²) < 4.78 is 83.5. The standard InChI is InChI=1S/C11H10F6N2O3/c1-21-7(20)2-5-4-19-9(22-11(15,16)17)6(3-18)8(5)10(12,13)14/h4H,2-3,18H2,1H3. The molecule has 0 aliphatic carbocycles. The first-order valence-electron chi connectivity index (χ1n) is 5.60. The lowest BCUT2D eigenvalue weighted by Crippen LogP contribution is -2.24. The van der Waals surface area contributed by atoms with Crippen molar-refractivity contribution < 1.29 is 40.6 Å². The van der Waals surface area contributed by atoms with Gasteiger partial charge in [-0.15, -0.1) is 13.2 Å². The van der Waals surface area contributed by atoms with E-state index in [4.69, 9.17) is 5.73 Å². The smallest absolute Gasteiger partial charge is 0.469 e. The van der Waals surface area contributed by atoms with E-state index in [1.165, 1.54) is 0 Å². The molecule has 0 saturated carbocycles. The van der Waals surface area contributed by atoms with Gasteiger partial charge in [0.25, 0.3) is 0 Å². The van der Waals surface area contributed by atoms with E-state index >= 15 is 0 Å². The number of carbonyl (C=O) groups is 1. The number of methoxy groups -OCH3 is 1. The van der Waals surface area contributed by atoms with Crippen LogP contribution in [-0.4, -0.2) is 24.4 Å². The molecule has 0 bridgehead atoms. The molecule has 0 aliphatic heterocycles. The van der Waals surface area contributed by atoms with Crippen molar-refractivity contribution in [1.82, 2.24) is 4.98 Å². The maximum atomic E-state index is 13.1. The highest BCUT2D eigenvalue weighted by atomic mass is 19.4. The Morgan fingerprint density at radius 1 is 1.27 bits per heavy atom. The average molecular weight is 332 g/mol. The Balaban J connectivity index is 3.47. The molecule has 2 N–H and O–H groups in total. The maximum absolute atomic E-state index is 13.1. The van der Waals surface area contributed by atoms with Crippen LogP contribution >= 0.6 is 0 Å². The van der Waals surface area contributed by atoms with E-state index in [0.717, 1.165) is 7.11 Å². The highest BCUT2D eigenvalue weighted by molar-refractivity contribution is 5.73. The van der Waals surface area contributed by atoms with Gasteiger partial charge in [-0.1, -0.05) is 0 Å². The number of aromatic nitrogens is 1. The number of hydrogen-bond donors (Lipinski definition) is 1. The molecule has 0 radical (unpaired) electrons. The Bertz CT molecular complexity index is 556. The van der Waals surface area contributed by atoms with Crippen LogP contribution in [0.4, 0.5) is 26.3 Å². The fourth-order valence-electron chi connectivity index (χ4n) is 1.68. The molecule has 0 aromatic carbocycles. The zero-order valence-corrected chi connectivity index (χ0v) is 11.0. The zero-order valence-electron chi connectivity index (χ0n) is 11.0. The largest absolute Gasteiger partial charge is 0.574 e. The molecule has 1 aromatic rings. The second-order valence-corrected chi connectivity index (χ2v) is 3.94. The second-order valence-electron chi connectivity index (χ2n) is 3.94. The van der Waals surface area contributed by atoms with Crippen LogP contribution in [0.2, 0.25) is 0 Å². The van der Waals surface area contributed by atoms with Gasteiger partial charge in [0.2, 0.25) is 5.88 Å². The number of esters is 1. The van der Waals surface area contributed by atoms with Gasteiger partial charge in [0, 0.05) is 18.3 Å². The minimum absolute atomic E-state index is 0.472. The molecule has 0 amide bonds. The van der Waals surface area contributed by atoms with Crippen LogP contribution in [-0.2, 0) is 28.7 Å². The van der Waals surface area contributed by atoms with Gasteiger partial charge in [-0.2, -0.15) is 13.2 Å². The SMILES string of the molecule is COC(=O)Cc1cnc(OC(F)(F)F)c(CN)c1C(F)(F)F. The van der Waals surface area contributed by atoms with Crippen molar-refractivity contribution in [3.05, 3.63) is 22.9 Å². The van der Waals surface area contributed by atoms with Crippen LogP contribution in [0.5, 0.6) is 5.88 Å². The third kappa shape index (κ3) is 4.48. The Morgan fingerprint density at radius 2 is 1.86 bits per heavy atom. The molecule has 5 nitrogen and oxygen atoms in total. The van der Waals surface area contributed by atoms with Gasteiger partial charge in [0.15, 0.2) is 0 Å². The summed E-state index contributed by atoms with van der Waals surface area (Å²) in [5.74, 6) is -2.32. The summed E-state index contributed by atoms with van der Waals surface area (Å²) in [6.07, 6.45) is -10.6. The molecule has 124 valence electrons. The molecule has 0 unspecified atom stereocenters. The number of nitrogens with two attached hydrogens (primary N) is 1. The predicted molar refractivity (Wildman–Crippen MR) is 59.5 cm³/mol. The van der Waals surface area contributed by atoms with E-state index in [2.05, 4.69) is 14.5 Å². The minimum Gasteiger partial charge on any atom is -0.469 e. The predicted octanol–water partition coefficient (Wildman–Crippen LogP) is 2.17. The van der Waals surface area contributed by atoms with E-state index < -0.39 is 54.0 Å². The Hall–Kier alpha value is -2.04. The van der Waals surface area contributed by atoms with Gasteiger partial charge < -0.3 is 15.2 Å². The van der Waals surface area contributed by atoms with Crippen LogP contribution in [0.25, 0.3) is 0 Å². The molecular formula is C11H10F6N2O3. The lowest BCUT2D eigenvalue weighted by Gasteiger charge is -2.19. The molecule has 0 atom stereocenters. The first-order valence-corrected chi connectivity index (χ1v) is 5.60. The molecular weight excluding hydrogens is 322 g/mol. The van der Waals surface area contributed by atoms with Crippen LogP contribution in [0.3, 0.4) is 0 Å². The summed E-state index contributed by atoms with van der Waals surface area (Å²) in [6.45, 7) is -0.914. The lowest BCUT2D eigenvalue weighted by atomic mass is 10.0. The van der Waals surface area contributed by atoms with Crippen molar-refractivity contribution >= 4 is 5.97 Å². The van der Waals surface area contributed by atoms with Crippen LogP contribution in [0.15, 0.2) is 6.20 Å². The summed E-state index contributed by atoms with van der Waals surface area (Å²) in [5.41, 5.74) is 1.95. The number of ether oxygens (including phenoxy) is 2. The van der Waals surface area contributed by atoms with E-state index in [1.54, 1.807) is 0 Å². The first-order chi connectivity index (χ1) is 9.99. The van der Waals surface area contributed by atoms with Crippen molar-refractivity contribution in [3.8, 4) is 5.88 Å². The average Bonchev–Trinajstić information content (AvgIpc) is 2.36. The van der Waals surface area contributed by atoms with E-state index in [-0.39, 0.29) is 0 Å². The molecule has 0 aliphatic rings. The monoisotopic (exact) mass is 332 g/mol. The lowest BCUT2D eigenvalue weighted by molar-refractivity contribution is -0.276. The summed E-state index contributed by atoms with van der Waals surface area (Å²) in [4.78, 5) is 14.3. The Morgan fingerprint density at radius 3 is 2.27 bits per heavy atom. The first kappa shape index (κ1) is 18.0. The van der Waals surface area contributed by atoms with Crippen molar-refractivity contribution in [2.75, 3.05) is 7.11 Å². The molecule has 0 saturated heterocycles. The van der Waals surface area contributed by atoms with Crippen molar-refractivity contribution in [2.24, 2.45) is 5.73 Å². The van der Waals surface area contributed by atoms with Gasteiger partial charge in [-0.05, 0) is 5.56 Å². The minimum atomic E-state index is -5.23. The quantitative estimate of drug-likeness (QED) is 0.676.